The molecule has 0 saturated carbocycles. The van der Waals surface area contributed by atoms with Crippen LogP contribution in [0.25, 0.3) is 0 Å². The molecule has 0 aliphatic heterocycles. The van der Waals surface area contributed by atoms with Crippen molar-refractivity contribution in [3.63, 3.8) is 0 Å². The van der Waals surface area contributed by atoms with Crippen LogP contribution >= 0.6 is 23.2 Å². The Morgan fingerprint density at radius 1 is 1.33 bits per heavy atom. The predicted octanol–water partition coefficient (Wildman–Crippen LogP) is 2.90. The van der Waals surface area contributed by atoms with E-state index >= 15 is 0 Å². The minimum atomic E-state index is -0.510. The van der Waals surface area contributed by atoms with Crippen molar-refractivity contribution < 1.29 is 4.79 Å². The number of carbonyl (C=O) groups is 1. The summed E-state index contributed by atoms with van der Waals surface area (Å²) < 4.78 is 0. The van der Waals surface area contributed by atoms with E-state index in [9.17, 15) is 4.79 Å². The third-order valence-electron chi connectivity index (χ3n) is 1.87. The van der Waals surface area contributed by atoms with Gasteiger partial charge in [-0.25, -0.2) is 0 Å². The summed E-state index contributed by atoms with van der Waals surface area (Å²) in [7, 11) is 3.45. The average Bonchev–Trinajstić information content (AvgIpc) is 2.23. The summed E-state index contributed by atoms with van der Waals surface area (Å²) in [5, 5.41) is 12.2. The number of hydrogen-bond acceptors (Lipinski definition) is 3. The van der Waals surface area contributed by atoms with Crippen LogP contribution in [0.1, 0.15) is 0 Å². The van der Waals surface area contributed by atoms with E-state index < -0.39 is 5.91 Å². The van der Waals surface area contributed by atoms with E-state index in [1.165, 1.54) is 6.20 Å². The average molecular weight is 284 g/mol. The Morgan fingerprint density at radius 3 is 2.33 bits per heavy atom. The highest BCUT2D eigenvalue weighted by Gasteiger charge is 2.10. The SMILES string of the molecule is CN(C)C=C(C#N)C(=O)Nc1cc(Cl)cc(Cl)c1. The molecular formula is C12H11Cl2N3O. The van der Waals surface area contributed by atoms with Crippen molar-refractivity contribution >= 4 is 34.8 Å². The summed E-state index contributed by atoms with van der Waals surface area (Å²) in [6.07, 6.45) is 1.43. The molecule has 18 heavy (non-hydrogen) atoms. The molecule has 0 aliphatic carbocycles. The summed E-state index contributed by atoms with van der Waals surface area (Å²) in [5.74, 6) is -0.510. The first-order chi connectivity index (χ1) is 8.42. The van der Waals surface area contributed by atoms with E-state index in [0.717, 1.165) is 0 Å². The van der Waals surface area contributed by atoms with Gasteiger partial charge in [-0.3, -0.25) is 4.79 Å². The number of nitrogens with zero attached hydrogens (tertiary/aromatic N) is 2. The molecule has 0 fully saturated rings. The van der Waals surface area contributed by atoms with Crippen LogP contribution in [0.4, 0.5) is 5.69 Å². The van der Waals surface area contributed by atoms with E-state index in [4.69, 9.17) is 28.5 Å². The maximum Gasteiger partial charge on any atom is 0.267 e. The Bertz CT molecular complexity index is 512. The molecule has 6 heteroatoms. The Morgan fingerprint density at radius 2 is 1.89 bits per heavy atom. The molecule has 0 unspecified atom stereocenters. The van der Waals surface area contributed by atoms with Gasteiger partial charge in [0.15, 0.2) is 0 Å². The predicted molar refractivity (Wildman–Crippen MR) is 72.5 cm³/mol. The molecule has 0 heterocycles. The molecular weight excluding hydrogens is 273 g/mol. The number of carbonyl (C=O) groups excluding carboxylic acids is 1. The molecule has 4 nitrogen and oxygen atoms in total. The Hall–Kier alpha value is -1.70. The second-order valence-corrected chi connectivity index (χ2v) is 4.60. The molecule has 0 spiro atoms. The first-order valence-corrected chi connectivity index (χ1v) is 5.73. The lowest BCUT2D eigenvalue weighted by molar-refractivity contribution is -0.112. The highest BCUT2D eigenvalue weighted by molar-refractivity contribution is 6.35. The molecule has 94 valence electrons. The molecule has 0 bridgehead atoms. The number of rotatable bonds is 3. The van der Waals surface area contributed by atoms with Crippen LogP contribution in [-0.4, -0.2) is 24.9 Å². The van der Waals surface area contributed by atoms with Crippen molar-refractivity contribution in [1.29, 1.82) is 5.26 Å². The highest BCUT2D eigenvalue weighted by atomic mass is 35.5. The van der Waals surface area contributed by atoms with Crippen molar-refractivity contribution in [3.05, 3.63) is 40.0 Å². The van der Waals surface area contributed by atoms with Crippen LogP contribution in [-0.2, 0) is 4.79 Å². The van der Waals surface area contributed by atoms with E-state index in [-0.39, 0.29) is 5.57 Å². The monoisotopic (exact) mass is 283 g/mol. The fourth-order valence-electron chi connectivity index (χ4n) is 1.22. The van der Waals surface area contributed by atoms with Gasteiger partial charge in [0.2, 0.25) is 0 Å². The minimum Gasteiger partial charge on any atom is -0.382 e. The molecule has 1 rings (SSSR count). The summed E-state index contributed by atoms with van der Waals surface area (Å²) in [4.78, 5) is 13.4. The van der Waals surface area contributed by atoms with Crippen LogP contribution in [0, 0.1) is 11.3 Å². The van der Waals surface area contributed by atoms with Gasteiger partial charge in [0.05, 0.1) is 0 Å². The summed E-state index contributed by atoms with van der Waals surface area (Å²) in [6.45, 7) is 0. The molecule has 0 aliphatic rings. The molecule has 0 atom stereocenters. The van der Waals surface area contributed by atoms with Crippen molar-refractivity contribution in [1.82, 2.24) is 4.90 Å². The quantitative estimate of drug-likeness (QED) is 0.686. The van der Waals surface area contributed by atoms with Crippen molar-refractivity contribution in [2.75, 3.05) is 19.4 Å². The fourth-order valence-corrected chi connectivity index (χ4v) is 1.75. The van der Waals surface area contributed by atoms with Crippen molar-refractivity contribution in [2.24, 2.45) is 0 Å². The van der Waals surface area contributed by atoms with Crippen LogP contribution < -0.4 is 5.32 Å². The normalized spacial score (nSPS) is 10.7. The van der Waals surface area contributed by atoms with Gasteiger partial charge < -0.3 is 10.2 Å². The lowest BCUT2D eigenvalue weighted by Gasteiger charge is -2.08. The zero-order valence-corrected chi connectivity index (χ0v) is 11.4. The number of nitrogens with one attached hydrogen (secondary N) is 1. The van der Waals surface area contributed by atoms with Crippen LogP contribution in [0.15, 0.2) is 30.0 Å². The van der Waals surface area contributed by atoms with E-state index in [1.54, 1.807) is 37.2 Å². The Kier molecular flexibility index (Phi) is 5.02. The standard InChI is InChI=1S/C12H11Cl2N3O/c1-17(2)7-8(6-15)12(18)16-11-4-9(13)3-10(14)5-11/h3-5,7H,1-2H3,(H,16,18). The third kappa shape index (κ3) is 4.28. The van der Waals surface area contributed by atoms with Gasteiger partial charge in [0.1, 0.15) is 11.6 Å². The maximum absolute atomic E-state index is 11.8. The lowest BCUT2D eigenvalue weighted by Crippen LogP contribution is -2.16. The first kappa shape index (κ1) is 14.4. The van der Waals surface area contributed by atoms with Gasteiger partial charge >= 0.3 is 0 Å². The van der Waals surface area contributed by atoms with Crippen LogP contribution in [0.5, 0.6) is 0 Å². The van der Waals surface area contributed by atoms with Gasteiger partial charge in [0.25, 0.3) is 5.91 Å². The Labute approximate surface area is 115 Å². The lowest BCUT2D eigenvalue weighted by atomic mass is 10.2. The molecule has 0 aromatic heterocycles. The van der Waals surface area contributed by atoms with Crippen LogP contribution in [0.2, 0.25) is 10.0 Å². The number of anilines is 1. The first-order valence-electron chi connectivity index (χ1n) is 4.98. The molecule has 0 radical (unpaired) electrons. The van der Waals surface area contributed by atoms with E-state index in [2.05, 4.69) is 5.32 Å². The van der Waals surface area contributed by atoms with Gasteiger partial charge in [0, 0.05) is 36.0 Å². The number of amides is 1. The zero-order valence-electron chi connectivity index (χ0n) is 9.87. The van der Waals surface area contributed by atoms with Gasteiger partial charge in [-0.05, 0) is 18.2 Å². The molecule has 1 amide bonds. The third-order valence-corrected chi connectivity index (χ3v) is 2.31. The largest absolute Gasteiger partial charge is 0.382 e. The second kappa shape index (κ2) is 6.29. The molecule has 1 aromatic rings. The number of halogens is 2. The summed E-state index contributed by atoms with van der Waals surface area (Å²) in [5.41, 5.74) is 0.438. The molecule has 1 N–H and O–H groups in total. The van der Waals surface area contributed by atoms with Crippen molar-refractivity contribution in [3.8, 4) is 6.07 Å². The molecule has 0 saturated heterocycles. The fraction of sp³-hybridized carbons (Fsp3) is 0.167. The number of hydrogen-bond donors (Lipinski definition) is 1. The summed E-state index contributed by atoms with van der Waals surface area (Å²) in [6, 6.07) is 6.48. The van der Waals surface area contributed by atoms with Gasteiger partial charge in [-0.2, -0.15) is 5.26 Å². The highest BCUT2D eigenvalue weighted by Crippen LogP contribution is 2.22. The topological polar surface area (TPSA) is 56.1 Å². The maximum atomic E-state index is 11.8. The smallest absolute Gasteiger partial charge is 0.267 e. The number of nitriles is 1. The van der Waals surface area contributed by atoms with Crippen LogP contribution in [0.3, 0.4) is 0 Å². The Balaban J connectivity index is 2.91. The van der Waals surface area contributed by atoms with Crippen molar-refractivity contribution in [2.45, 2.75) is 0 Å². The zero-order chi connectivity index (χ0) is 13.7. The van der Waals surface area contributed by atoms with Gasteiger partial charge in [-0.1, -0.05) is 23.2 Å². The van der Waals surface area contributed by atoms with Gasteiger partial charge in [-0.15, -0.1) is 0 Å². The minimum absolute atomic E-state index is 0.00361. The van der Waals surface area contributed by atoms with E-state index in [1.807, 2.05) is 6.07 Å². The molecule has 1 aromatic carbocycles. The second-order valence-electron chi connectivity index (χ2n) is 3.73. The number of benzene rings is 1. The van der Waals surface area contributed by atoms with E-state index in [0.29, 0.717) is 15.7 Å². The summed E-state index contributed by atoms with van der Waals surface area (Å²) >= 11 is 11.6.